The van der Waals surface area contributed by atoms with Gasteiger partial charge in [-0.3, -0.25) is 0 Å². The van der Waals surface area contributed by atoms with Crippen LogP contribution in [0.15, 0.2) is 35.6 Å². The van der Waals surface area contributed by atoms with Crippen LogP contribution in [0.2, 0.25) is 0 Å². The maximum atomic E-state index is 13.0. The lowest BCUT2D eigenvalue weighted by Crippen LogP contribution is -2.47. The molecule has 0 radical (unpaired) electrons. The number of hydroxylamine groups is 2. The molecule has 1 unspecified atom stereocenters. The van der Waals surface area contributed by atoms with Crippen molar-refractivity contribution < 1.29 is 9.23 Å². The average Bonchev–Trinajstić information content (AvgIpc) is 2.72. The normalized spacial score (nSPS) is 20.6. The number of hydrogen-bond donors (Lipinski definition) is 0. The van der Waals surface area contributed by atoms with Gasteiger partial charge in [0.25, 0.3) is 0 Å². The second-order valence-electron chi connectivity index (χ2n) is 5.70. The lowest BCUT2D eigenvalue weighted by atomic mass is 9.88. The summed E-state index contributed by atoms with van der Waals surface area (Å²) in [5.74, 6) is 0.129. The highest BCUT2D eigenvalue weighted by Gasteiger charge is 2.42. The minimum atomic E-state index is -0.252. The fourth-order valence-corrected chi connectivity index (χ4v) is 2.26. The molecule has 1 heterocycles. The molecule has 0 aromatic heterocycles. The molecule has 2 rings (SSSR count). The summed E-state index contributed by atoms with van der Waals surface area (Å²) < 4.78 is 13.0. The first-order chi connectivity index (χ1) is 8.84. The standard InChI is InChI=1S/C15H19ClFNO/c1-10(2)15(3,4)18-14(13(16)9-19-18)11-5-7-12(17)8-6-11/h5-10,14H,1-4H3. The fourth-order valence-electron chi connectivity index (χ4n) is 2.01. The third-order valence-corrected chi connectivity index (χ3v) is 4.24. The monoisotopic (exact) mass is 283 g/mol. The van der Waals surface area contributed by atoms with Crippen molar-refractivity contribution in [1.82, 2.24) is 5.06 Å². The summed E-state index contributed by atoms with van der Waals surface area (Å²) in [6.45, 7) is 8.49. The molecule has 1 aliphatic rings. The van der Waals surface area contributed by atoms with Crippen LogP contribution in [0.4, 0.5) is 4.39 Å². The van der Waals surface area contributed by atoms with Crippen LogP contribution in [0.25, 0.3) is 0 Å². The van der Waals surface area contributed by atoms with Gasteiger partial charge in [-0.2, -0.15) is 0 Å². The van der Waals surface area contributed by atoms with Crippen LogP contribution in [-0.2, 0) is 4.84 Å². The molecule has 1 aromatic carbocycles. The Hall–Kier alpha value is -1.06. The molecule has 0 fully saturated rings. The van der Waals surface area contributed by atoms with Gasteiger partial charge < -0.3 is 4.84 Å². The van der Waals surface area contributed by atoms with Crippen molar-refractivity contribution in [2.75, 3.05) is 0 Å². The Balaban J connectivity index is 2.35. The molecule has 0 bridgehead atoms. The average molecular weight is 284 g/mol. The third kappa shape index (κ3) is 2.63. The SMILES string of the molecule is CC(C)C(C)(C)N1OC=C(Cl)C1c1ccc(F)cc1. The Morgan fingerprint density at radius 1 is 1.26 bits per heavy atom. The van der Waals surface area contributed by atoms with Gasteiger partial charge in [-0.15, -0.1) is 5.06 Å². The summed E-state index contributed by atoms with van der Waals surface area (Å²) in [6, 6.07) is 6.19. The van der Waals surface area contributed by atoms with Gasteiger partial charge in [0.2, 0.25) is 0 Å². The lowest BCUT2D eigenvalue weighted by Gasteiger charge is -2.40. The highest BCUT2D eigenvalue weighted by atomic mass is 35.5. The van der Waals surface area contributed by atoms with E-state index in [4.69, 9.17) is 16.4 Å². The molecule has 19 heavy (non-hydrogen) atoms. The van der Waals surface area contributed by atoms with Gasteiger partial charge >= 0.3 is 0 Å². The predicted octanol–water partition coefficient (Wildman–Crippen LogP) is 4.63. The van der Waals surface area contributed by atoms with E-state index in [2.05, 4.69) is 27.7 Å². The molecule has 0 aliphatic carbocycles. The van der Waals surface area contributed by atoms with Crippen LogP contribution in [0, 0.1) is 11.7 Å². The van der Waals surface area contributed by atoms with Gasteiger partial charge in [-0.1, -0.05) is 37.6 Å². The lowest BCUT2D eigenvalue weighted by molar-refractivity contribution is -0.187. The van der Waals surface area contributed by atoms with E-state index >= 15 is 0 Å². The van der Waals surface area contributed by atoms with Crippen molar-refractivity contribution in [2.24, 2.45) is 5.92 Å². The molecule has 0 N–H and O–H groups in total. The summed E-state index contributed by atoms with van der Waals surface area (Å²) in [6.07, 6.45) is 1.56. The zero-order chi connectivity index (χ0) is 14.2. The third-order valence-electron chi connectivity index (χ3n) is 3.94. The molecule has 1 atom stereocenters. The van der Waals surface area contributed by atoms with E-state index in [-0.39, 0.29) is 17.4 Å². The molecular formula is C15H19ClFNO. The second kappa shape index (κ2) is 5.14. The first-order valence-electron chi connectivity index (χ1n) is 6.41. The topological polar surface area (TPSA) is 12.5 Å². The Kier molecular flexibility index (Phi) is 3.88. The van der Waals surface area contributed by atoms with Crippen LogP contribution in [-0.4, -0.2) is 10.6 Å². The summed E-state index contributed by atoms with van der Waals surface area (Å²) in [7, 11) is 0. The van der Waals surface area contributed by atoms with Crippen molar-refractivity contribution in [3.8, 4) is 0 Å². The Morgan fingerprint density at radius 2 is 1.84 bits per heavy atom. The minimum absolute atomic E-state index is 0.181. The van der Waals surface area contributed by atoms with E-state index in [1.54, 1.807) is 18.4 Å². The first kappa shape index (κ1) is 14.4. The molecule has 0 amide bonds. The number of benzene rings is 1. The molecular weight excluding hydrogens is 265 g/mol. The Morgan fingerprint density at radius 3 is 2.37 bits per heavy atom. The molecule has 1 aliphatic heterocycles. The number of hydrogen-bond acceptors (Lipinski definition) is 2. The molecule has 104 valence electrons. The van der Waals surface area contributed by atoms with E-state index in [1.165, 1.54) is 12.1 Å². The number of rotatable bonds is 3. The van der Waals surface area contributed by atoms with Gasteiger partial charge in [0.05, 0.1) is 10.6 Å². The van der Waals surface area contributed by atoms with Crippen LogP contribution in [0.3, 0.4) is 0 Å². The van der Waals surface area contributed by atoms with Gasteiger partial charge in [-0.05, 0) is 37.5 Å². The van der Waals surface area contributed by atoms with Crippen LogP contribution < -0.4 is 0 Å². The van der Waals surface area contributed by atoms with Crippen molar-refractivity contribution in [1.29, 1.82) is 0 Å². The molecule has 0 spiro atoms. The molecule has 1 aromatic rings. The molecule has 0 saturated carbocycles. The van der Waals surface area contributed by atoms with Crippen molar-refractivity contribution >= 4 is 11.6 Å². The largest absolute Gasteiger partial charge is 0.411 e. The number of halogens is 2. The van der Waals surface area contributed by atoms with Gasteiger partial charge in [0.1, 0.15) is 18.1 Å². The zero-order valence-corrected chi connectivity index (χ0v) is 12.4. The summed E-state index contributed by atoms with van der Waals surface area (Å²) >= 11 is 6.26. The van der Waals surface area contributed by atoms with Crippen molar-refractivity contribution in [3.63, 3.8) is 0 Å². The highest BCUT2D eigenvalue weighted by molar-refractivity contribution is 6.30. The molecule has 4 heteroatoms. The smallest absolute Gasteiger partial charge is 0.128 e. The summed E-state index contributed by atoms with van der Waals surface area (Å²) in [5, 5.41) is 2.49. The van der Waals surface area contributed by atoms with Gasteiger partial charge in [0.15, 0.2) is 0 Å². The van der Waals surface area contributed by atoms with Crippen LogP contribution >= 0.6 is 11.6 Å². The van der Waals surface area contributed by atoms with Crippen LogP contribution in [0.5, 0.6) is 0 Å². The summed E-state index contributed by atoms with van der Waals surface area (Å²) in [5.41, 5.74) is 0.737. The van der Waals surface area contributed by atoms with Crippen molar-refractivity contribution in [3.05, 3.63) is 46.9 Å². The maximum absolute atomic E-state index is 13.0. The van der Waals surface area contributed by atoms with Gasteiger partial charge in [0, 0.05) is 0 Å². The number of nitrogens with zero attached hydrogens (tertiary/aromatic N) is 1. The molecule has 0 saturated heterocycles. The van der Waals surface area contributed by atoms with E-state index in [0.717, 1.165) is 5.56 Å². The zero-order valence-electron chi connectivity index (χ0n) is 11.7. The van der Waals surface area contributed by atoms with E-state index in [1.807, 2.05) is 5.06 Å². The first-order valence-corrected chi connectivity index (χ1v) is 6.79. The van der Waals surface area contributed by atoms with Crippen LogP contribution in [0.1, 0.15) is 39.3 Å². The van der Waals surface area contributed by atoms with E-state index in [9.17, 15) is 4.39 Å². The Bertz CT molecular complexity index is 481. The second-order valence-corrected chi connectivity index (χ2v) is 6.13. The quantitative estimate of drug-likeness (QED) is 0.802. The van der Waals surface area contributed by atoms with Crippen molar-refractivity contribution in [2.45, 2.75) is 39.3 Å². The van der Waals surface area contributed by atoms with Gasteiger partial charge in [-0.25, -0.2) is 4.39 Å². The maximum Gasteiger partial charge on any atom is 0.128 e. The minimum Gasteiger partial charge on any atom is -0.411 e. The highest BCUT2D eigenvalue weighted by Crippen LogP contribution is 2.43. The Labute approximate surface area is 118 Å². The molecule has 2 nitrogen and oxygen atoms in total. The summed E-state index contributed by atoms with van der Waals surface area (Å²) in [4.78, 5) is 5.63. The van der Waals surface area contributed by atoms with E-state index < -0.39 is 0 Å². The van der Waals surface area contributed by atoms with E-state index in [0.29, 0.717) is 11.0 Å². The predicted molar refractivity (Wildman–Crippen MR) is 74.9 cm³/mol. The fraction of sp³-hybridized carbons (Fsp3) is 0.467.